The lowest BCUT2D eigenvalue weighted by Crippen LogP contribution is -2.48. The summed E-state index contributed by atoms with van der Waals surface area (Å²) in [5.41, 5.74) is 0.860. The summed E-state index contributed by atoms with van der Waals surface area (Å²) in [4.78, 5) is 12.5. The highest BCUT2D eigenvalue weighted by atomic mass is 33.1. The van der Waals surface area contributed by atoms with Gasteiger partial charge in [0.15, 0.2) is 6.71 Å². The zero-order chi connectivity index (χ0) is 20.5. The fraction of sp³-hybridized carbons (Fsp3) is 0.957. The van der Waals surface area contributed by atoms with Crippen molar-refractivity contribution >= 4 is 34.2 Å². The topological polar surface area (TPSA) is 29.1 Å². The van der Waals surface area contributed by atoms with Crippen molar-refractivity contribution < 1.29 is 4.79 Å². The maximum Gasteiger partial charge on any atom is 0.219 e. The molecule has 2 heterocycles. The summed E-state index contributed by atoms with van der Waals surface area (Å²) >= 11 is 0. The number of hydrogen-bond acceptors (Lipinski definition) is 3. The highest BCUT2D eigenvalue weighted by Crippen LogP contribution is 2.63. The van der Waals surface area contributed by atoms with E-state index in [9.17, 15) is 4.79 Å². The van der Waals surface area contributed by atoms with Crippen LogP contribution in [-0.4, -0.2) is 29.6 Å². The fourth-order valence-electron chi connectivity index (χ4n) is 6.40. The molecule has 0 radical (unpaired) electrons. The quantitative estimate of drug-likeness (QED) is 0.285. The number of carbonyl (C=O) groups is 1. The van der Waals surface area contributed by atoms with Gasteiger partial charge in [0.2, 0.25) is 5.91 Å². The maximum absolute atomic E-state index is 12.5. The van der Waals surface area contributed by atoms with E-state index in [1.165, 1.54) is 44.1 Å². The van der Waals surface area contributed by atoms with Gasteiger partial charge in [0.25, 0.3) is 0 Å². The average molecular weight is 424 g/mol. The van der Waals surface area contributed by atoms with Crippen LogP contribution in [0.2, 0.25) is 12.6 Å². The van der Waals surface area contributed by atoms with Crippen molar-refractivity contribution in [1.82, 2.24) is 5.32 Å². The third-order valence-corrected chi connectivity index (χ3v) is 12.2. The first-order valence-electron chi connectivity index (χ1n) is 11.7. The number of rotatable bonds is 7. The summed E-state index contributed by atoms with van der Waals surface area (Å²) in [5.74, 6) is 4.28. The minimum atomic E-state index is 0.280. The van der Waals surface area contributed by atoms with Gasteiger partial charge in [-0.1, -0.05) is 82.2 Å². The smallest absolute Gasteiger partial charge is 0.219 e. The molecule has 3 fully saturated rings. The van der Waals surface area contributed by atoms with Crippen molar-refractivity contribution in [2.45, 2.75) is 104 Å². The molecular formula is C23H42BNOS2. The van der Waals surface area contributed by atoms with Crippen molar-refractivity contribution in [2.75, 3.05) is 5.75 Å². The van der Waals surface area contributed by atoms with Crippen LogP contribution in [0.5, 0.6) is 0 Å². The van der Waals surface area contributed by atoms with Crippen molar-refractivity contribution in [3.63, 3.8) is 0 Å². The number of unbranched alkanes of at least 4 members (excludes halogenated alkanes) is 1. The zero-order valence-electron chi connectivity index (χ0n) is 19.1. The van der Waals surface area contributed by atoms with E-state index in [4.69, 9.17) is 0 Å². The van der Waals surface area contributed by atoms with E-state index in [2.05, 4.69) is 57.7 Å². The van der Waals surface area contributed by atoms with Gasteiger partial charge in [-0.15, -0.1) is 0 Å². The molecule has 2 saturated heterocycles. The Hall–Kier alpha value is 0.235. The predicted molar refractivity (Wildman–Crippen MR) is 128 cm³/mol. The molecule has 0 aromatic carbocycles. The van der Waals surface area contributed by atoms with Crippen molar-refractivity contribution in [3.8, 4) is 0 Å². The van der Waals surface area contributed by atoms with E-state index in [1.807, 2.05) is 10.8 Å². The van der Waals surface area contributed by atoms with Crippen molar-refractivity contribution in [1.29, 1.82) is 0 Å². The van der Waals surface area contributed by atoms with Crippen molar-refractivity contribution in [2.24, 2.45) is 28.6 Å². The molecule has 0 aromatic rings. The third-order valence-electron chi connectivity index (χ3n) is 9.24. The third kappa shape index (κ3) is 4.76. The Labute approximate surface area is 182 Å². The van der Waals surface area contributed by atoms with Crippen LogP contribution in [-0.2, 0) is 4.79 Å². The molecule has 1 aliphatic carbocycles. The Kier molecular flexibility index (Phi) is 7.50. The van der Waals surface area contributed by atoms with Crippen LogP contribution >= 0.6 is 21.6 Å². The number of nitrogens with one attached hydrogen (secondary N) is 1. The second-order valence-electron chi connectivity index (χ2n) is 11.0. The van der Waals surface area contributed by atoms with Crippen LogP contribution < -0.4 is 5.32 Å². The molecule has 6 atom stereocenters. The normalized spacial score (nSPS) is 38.3. The summed E-state index contributed by atoms with van der Waals surface area (Å²) in [5, 5.41) is 4.21. The van der Waals surface area contributed by atoms with E-state index in [1.54, 1.807) is 0 Å². The molecule has 0 spiro atoms. The summed E-state index contributed by atoms with van der Waals surface area (Å²) < 4.78 is 0. The molecule has 1 saturated carbocycles. The first kappa shape index (κ1) is 22.9. The largest absolute Gasteiger partial charge is 0.361 e. The highest BCUT2D eigenvalue weighted by molar-refractivity contribution is 8.77. The monoisotopic (exact) mass is 423 g/mol. The second kappa shape index (κ2) is 9.16. The minimum Gasteiger partial charge on any atom is -0.361 e. The SMILES string of the molecule is CC1CC2CB([C@@H](C)NC(=O)CCCC[C@@H]3CCSS3)CC2(C)C(C)C1(C)C. The van der Waals surface area contributed by atoms with Gasteiger partial charge in [0.05, 0.1) is 0 Å². The lowest BCUT2D eigenvalue weighted by molar-refractivity contribution is -0.121. The number of fused-ring (bicyclic) bond motifs is 1. The van der Waals surface area contributed by atoms with Gasteiger partial charge in [-0.2, -0.15) is 0 Å². The lowest BCUT2D eigenvalue weighted by atomic mass is 9.41. The predicted octanol–water partition coefficient (Wildman–Crippen LogP) is 6.58. The summed E-state index contributed by atoms with van der Waals surface area (Å²) in [6, 6.07) is 0. The molecule has 5 heteroatoms. The molecule has 1 amide bonds. The van der Waals surface area contributed by atoms with E-state index >= 15 is 0 Å². The zero-order valence-corrected chi connectivity index (χ0v) is 20.7. The van der Waals surface area contributed by atoms with Gasteiger partial charge in [0.1, 0.15) is 0 Å². The van der Waals surface area contributed by atoms with Gasteiger partial charge in [-0.3, -0.25) is 4.79 Å². The van der Waals surface area contributed by atoms with E-state index < -0.39 is 0 Å². The van der Waals surface area contributed by atoms with Gasteiger partial charge >= 0.3 is 0 Å². The average Bonchev–Trinajstić information content (AvgIpc) is 3.26. The molecule has 0 bridgehead atoms. The van der Waals surface area contributed by atoms with Crippen molar-refractivity contribution in [3.05, 3.63) is 0 Å². The van der Waals surface area contributed by atoms with E-state index in [0.29, 0.717) is 29.9 Å². The number of hydrogen-bond donors (Lipinski definition) is 1. The number of amides is 1. The molecule has 3 aliphatic rings. The van der Waals surface area contributed by atoms with Crippen LogP contribution in [0.25, 0.3) is 0 Å². The Morgan fingerprint density at radius 2 is 2.00 bits per heavy atom. The molecule has 4 unspecified atom stereocenters. The van der Waals surface area contributed by atoms with E-state index in [-0.39, 0.29) is 5.91 Å². The summed E-state index contributed by atoms with van der Waals surface area (Å²) in [7, 11) is 4.07. The van der Waals surface area contributed by atoms with Crippen LogP contribution in [0.3, 0.4) is 0 Å². The Balaban J connectivity index is 1.45. The van der Waals surface area contributed by atoms with Gasteiger partial charge in [0, 0.05) is 23.4 Å². The van der Waals surface area contributed by atoms with E-state index in [0.717, 1.165) is 29.4 Å². The first-order valence-corrected chi connectivity index (χ1v) is 14.1. The van der Waals surface area contributed by atoms with Crippen LogP contribution in [0.15, 0.2) is 0 Å². The Morgan fingerprint density at radius 1 is 1.25 bits per heavy atom. The van der Waals surface area contributed by atoms with Crippen LogP contribution in [0.4, 0.5) is 0 Å². The number of carbonyl (C=O) groups excluding carboxylic acids is 1. The standard InChI is InChI=1S/C23H42BNOS2/c1-16-13-19-14-24(15-23(19,6)17(2)22(16,4)5)18(3)25-21(26)10-8-7-9-20-11-12-27-28-20/h16-20H,7-15H2,1-6H3,(H,25,26)/t16?,17?,18-,19?,20-,23?/m1/s1. The molecule has 3 rings (SSSR count). The fourth-order valence-corrected chi connectivity index (χ4v) is 9.43. The van der Waals surface area contributed by atoms with Crippen LogP contribution in [0, 0.1) is 28.6 Å². The van der Waals surface area contributed by atoms with Gasteiger partial charge < -0.3 is 5.32 Å². The molecule has 1 N–H and O–H groups in total. The second-order valence-corrected chi connectivity index (χ2v) is 13.8. The summed E-state index contributed by atoms with van der Waals surface area (Å²) in [6.45, 7) is 15.4. The Bertz CT molecular complexity index is 551. The lowest BCUT2D eigenvalue weighted by Gasteiger charge is -2.55. The minimum absolute atomic E-state index is 0.280. The Morgan fingerprint density at radius 3 is 2.68 bits per heavy atom. The van der Waals surface area contributed by atoms with Gasteiger partial charge in [-0.05, 0) is 54.3 Å². The molecule has 2 aliphatic heterocycles. The first-order chi connectivity index (χ1) is 13.1. The van der Waals surface area contributed by atoms with Crippen LogP contribution in [0.1, 0.15) is 80.1 Å². The highest BCUT2D eigenvalue weighted by Gasteiger charge is 2.57. The maximum atomic E-state index is 12.5. The molecular weight excluding hydrogens is 381 g/mol. The molecule has 28 heavy (non-hydrogen) atoms. The molecule has 160 valence electrons. The molecule has 2 nitrogen and oxygen atoms in total. The molecule has 0 aromatic heterocycles. The summed E-state index contributed by atoms with van der Waals surface area (Å²) in [6.07, 6.45) is 9.56. The van der Waals surface area contributed by atoms with Gasteiger partial charge in [-0.25, -0.2) is 0 Å².